The molecule has 0 bridgehead atoms. The molecule has 0 aliphatic carbocycles. The Kier molecular flexibility index (Phi) is 4.39. The summed E-state index contributed by atoms with van der Waals surface area (Å²) in [7, 11) is -3.39. The van der Waals surface area contributed by atoms with Crippen molar-refractivity contribution in [2.75, 3.05) is 6.26 Å². The van der Waals surface area contributed by atoms with Crippen LogP contribution in [0.15, 0.2) is 46.7 Å². The summed E-state index contributed by atoms with van der Waals surface area (Å²) in [6.07, 6.45) is 1.06. The molecule has 0 aliphatic heterocycles. The number of hydrazine groups is 1. The van der Waals surface area contributed by atoms with Crippen LogP contribution in [0.3, 0.4) is 0 Å². The maximum absolute atomic E-state index is 11.9. The fourth-order valence-electron chi connectivity index (χ4n) is 1.52. The Labute approximate surface area is 125 Å². The van der Waals surface area contributed by atoms with Gasteiger partial charge in [-0.2, -0.15) is 0 Å². The van der Waals surface area contributed by atoms with E-state index in [1.807, 2.05) is 0 Å². The third-order valence-electron chi connectivity index (χ3n) is 2.56. The summed E-state index contributed by atoms with van der Waals surface area (Å²) < 4.78 is 22.9. The van der Waals surface area contributed by atoms with Gasteiger partial charge in [-0.25, -0.2) is 8.42 Å². The van der Waals surface area contributed by atoms with Crippen molar-refractivity contribution in [2.24, 2.45) is 0 Å². The molecule has 0 atom stereocenters. The van der Waals surface area contributed by atoms with Crippen LogP contribution in [0.2, 0.25) is 0 Å². The number of benzene rings is 1. The van der Waals surface area contributed by atoms with Gasteiger partial charge in [0.15, 0.2) is 9.84 Å². The predicted molar refractivity (Wildman–Crippen MR) is 78.8 cm³/mol. The summed E-state index contributed by atoms with van der Waals surface area (Å²) in [5.74, 6) is -1.02. The molecule has 1 aromatic carbocycles. The summed E-state index contributed by atoms with van der Waals surface area (Å²) in [6, 6.07) is 8.92. The van der Waals surface area contributed by atoms with E-state index in [0.717, 1.165) is 6.26 Å². The van der Waals surface area contributed by atoms with Crippen LogP contribution in [-0.4, -0.2) is 26.5 Å². The van der Waals surface area contributed by atoms with Crippen molar-refractivity contribution in [2.45, 2.75) is 4.90 Å². The average molecular weight is 324 g/mol. The van der Waals surface area contributed by atoms with Crippen molar-refractivity contribution in [3.63, 3.8) is 0 Å². The summed E-state index contributed by atoms with van der Waals surface area (Å²) in [6.45, 7) is 0. The molecule has 1 aromatic heterocycles. The summed E-state index contributed by atoms with van der Waals surface area (Å²) in [4.78, 5) is 24.0. The Morgan fingerprint density at radius 2 is 1.76 bits per heavy atom. The molecule has 2 aromatic rings. The normalized spacial score (nSPS) is 10.9. The first kappa shape index (κ1) is 15.2. The van der Waals surface area contributed by atoms with Crippen molar-refractivity contribution in [3.05, 3.63) is 52.2 Å². The van der Waals surface area contributed by atoms with Crippen LogP contribution in [0.25, 0.3) is 0 Å². The Morgan fingerprint density at radius 3 is 2.38 bits per heavy atom. The summed E-state index contributed by atoms with van der Waals surface area (Å²) in [5.41, 5.74) is 4.65. The van der Waals surface area contributed by atoms with Gasteiger partial charge in [-0.1, -0.05) is 12.1 Å². The van der Waals surface area contributed by atoms with Gasteiger partial charge in [0.2, 0.25) is 0 Å². The van der Waals surface area contributed by atoms with Crippen LogP contribution in [0.4, 0.5) is 0 Å². The molecule has 2 N–H and O–H groups in total. The van der Waals surface area contributed by atoms with Crippen LogP contribution < -0.4 is 10.9 Å². The Bertz CT molecular complexity index is 767. The zero-order valence-corrected chi connectivity index (χ0v) is 12.6. The second-order valence-electron chi connectivity index (χ2n) is 4.19. The highest BCUT2D eigenvalue weighted by Gasteiger charge is 2.13. The fourth-order valence-corrected chi connectivity index (χ4v) is 2.81. The molecule has 21 heavy (non-hydrogen) atoms. The molecule has 0 aliphatic rings. The van der Waals surface area contributed by atoms with Gasteiger partial charge >= 0.3 is 0 Å². The number of carbonyl (C=O) groups excluding carboxylic acids is 2. The largest absolute Gasteiger partial charge is 0.279 e. The van der Waals surface area contributed by atoms with Gasteiger partial charge in [0.1, 0.15) is 0 Å². The Balaban J connectivity index is 2.06. The Hall–Kier alpha value is -2.19. The lowest BCUT2D eigenvalue weighted by molar-refractivity contribution is 0.0849. The van der Waals surface area contributed by atoms with E-state index in [1.54, 1.807) is 17.5 Å². The minimum Gasteiger partial charge on any atom is -0.267 e. The topological polar surface area (TPSA) is 92.3 Å². The molecular formula is C13H12N2O4S2. The second kappa shape index (κ2) is 6.06. The number of nitrogens with one attached hydrogen (secondary N) is 2. The first-order valence-corrected chi connectivity index (χ1v) is 8.59. The van der Waals surface area contributed by atoms with E-state index in [4.69, 9.17) is 0 Å². The van der Waals surface area contributed by atoms with Gasteiger partial charge < -0.3 is 0 Å². The number of carbonyl (C=O) groups is 2. The number of thiophene rings is 1. The third kappa shape index (κ3) is 3.89. The van der Waals surface area contributed by atoms with Crippen LogP contribution >= 0.6 is 11.3 Å². The van der Waals surface area contributed by atoms with Crippen molar-refractivity contribution < 1.29 is 18.0 Å². The summed E-state index contributed by atoms with van der Waals surface area (Å²) in [5, 5.41) is 1.74. The number of amides is 2. The predicted octanol–water partition coefficient (Wildman–Crippen LogP) is 1.23. The molecule has 2 amide bonds. The minimum absolute atomic E-state index is 0.0414. The number of hydrogen-bond donors (Lipinski definition) is 2. The number of sulfone groups is 1. The molecule has 2 rings (SSSR count). The van der Waals surface area contributed by atoms with Crippen LogP contribution in [0, 0.1) is 0 Å². The van der Waals surface area contributed by atoms with Crippen LogP contribution in [0.1, 0.15) is 20.0 Å². The van der Waals surface area contributed by atoms with E-state index in [9.17, 15) is 18.0 Å². The lowest BCUT2D eigenvalue weighted by Gasteiger charge is -2.07. The van der Waals surface area contributed by atoms with Gasteiger partial charge in [0.05, 0.1) is 9.77 Å². The van der Waals surface area contributed by atoms with Gasteiger partial charge in [0, 0.05) is 11.8 Å². The highest BCUT2D eigenvalue weighted by molar-refractivity contribution is 7.90. The lowest BCUT2D eigenvalue weighted by atomic mass is 10.2. The highest BCUT2D eigenvalue weighted by Crippen LogP contribution is 2.11. The molecule has 0 unspecified atom stereocenters. The van der Waals surface area contributed by atoms with Crippen molar-refractivity contribution in [1.82, 2.24) is 10.9 Å². The zero-order chi connectivity index (χ0) is 15.5. The van der Waals surface area contributed by atoms with E-state index < -0.39 is 21.7 Å². The molecule has 0 saturated carbocycles. The molecule has 0 saturated heterocycles. The smallest absolute Gasteiger partial charge is 0.267 e. The van der Waals surface area contributed by atoms with Gasteiger partial charge in [-0.3, -0.25) is 20.4 Å². The van der Waals surface area contributed by atoms with Crippen molar-refractivity contribution in [3.8, 4) is 0 Å². The van der Waals surface area contributed by atoms with Gasteiger partial charge in [-0.15, -0.1) is 11.3 Å². The van der Waals surface area contributed by atoms with E-state index in [2.05, 4.69) is 10.9 Å². The van der Waals surface area contributed by atoms with Crippen LogP contribution in [-0.2, 0) is 9.84 Å². The molecule has 0 spiro atoms. The van der Waals surface area contributed by atoms with E-state index in [0.29, 0.717) is 4.88 Å². The molecule has 6 nitrogen and oxygen atoms in total. The average Bonchev–Trinajstić information content (AvgIpc) is 2.98. The number of rotatable bonds is 3. The zero-order valence-electron chi connectivity index (χ0n) is 11.0. The van der Waals surface area contributed by atoms with E-state index >= 15 is 0 Å². The van der Waals surface area contributed by atoms with Gasteiger partial charge in [0.25, 0.3) is 11.8 Å². The Morgan fingerprint density at radius 1 is 1.05 bits per heavy atom. The van der Waals surface area contributed by atoms with Crippen LogP contribution in [0.5, 0.6) is 0 Å². The molecule has 8 heteroatoms. The maximum atomic E-state index is 11.9. The third-order valence-corrected chi connectivity index (χ3v) is 4.54. The lowest BCUT2D eigenvalue weighted by Crippen LogP contribution is -2.41. The monoisotopic (exact) mass is 324 g/mol. The standard InChI is InChI=1S/C13H12N2O4S2/c1-21(18,19)10-5-2-4-9(8-10)12(16)14-15-13(17)11-6-3-7-20-11/h2-8H,1H3,(H,14,16)(H,15,17). The minimum atomic E-state index is -3.39. The highest BCUT2D eigenvalue weighted by atomic mass is 32.2. The van der Waals surface area contributed by atoms with E-state index in [1.165, 1.54) is 35.6 Å². The quantitative estimate of drug-likeness (QED) is 0.831. The molecule has 0 radical (unpaired) electrons. The first-order chi connectivity index (χ1) is 9.88. The SMILES string of the molecule is CS(=O)(=O)c1cccc(C(=O)NNC(=O)c2cccs2)c1. The van der Waals surface area contributed by atoms with Crippen molar-refractivity contribution >= 4 is 33.0 Å². The van der Waals surface area contributed by atoms with Crippen molar-refractivity contribution in [1.29, 1.82) is 0 Å². The molecule has 0 fully saturated rings. The first-order valence-electron chi connectivity index (χ1n) is 5.82. The number of hydrogen-bond acceptors (Lipinski definition) is 5. The van der Waals surface area contributed by atoms with Gasteiger partial charge in [-0.05, 0) is 29.6 Å². The fraction of sp³-hybridized carbons (Fsp3) is 0.0769. The molecule has 1 heterocycles. The molecule has 110 valence electrons. The van der Waals surface area contributed by atoms with E-state index in [-0.39, 0.29) is 10.5 Å². The summed E-state index contributed by atoms with van der Waals surface area (Å²) >= 11 is 1.24. The molecular weight excluding hydrogens is 312 g/mol. The maximum Gasteiger partial charge on any atom is 0.279 e. The second-order valence-corrected chi connectivity index (χ2v) is 7.15.